The highest BCUT2D eigenvalue weighted by molar-refractivity contribution is 7.92. The van der Waals surface area contributed by atoms with E-state index < -0.39 is 10.0 Å². The zero-order valence-electron chi connectivity index (χ0n) is 17.7. The fraction of sp³-hybridized carbons (Fsp3) is 0.409. The molecule has 30 heavy (non-hydrogen) atoms. The van der Waals surface area contributed by atoms with Gasteiger partial charge in [-0.3, -0.25) is 9.10 Å². The monoisotopic (exact) mass is 431 g/mol. The Bertz CT molecular complexity index is 984. The predicted octanol–water partition coefficient (Wildman–Crippen LogP) is 2.22. The molecule has 1 amide bonds. The van der Waals surface area contributed by atoms with Crippen molar-refractivity contribution in [3.63, 3.8) is 0 Å². The number of benzene rings is 2. The number of hydrogen-bond donors (Lipinski definition) is 1. The largest absolute Gasteiger partial charge is 0.378 e. The van der Waals surface area contributed by atoms with E-state index in [9.17, 15) is 13.2 Å². The van der Waals surface area contributed by atoms with E-state index in [0.717, 1.165) is 59.2 Å². The van der Waals surface area contributed by atoms with Gasteiger partial charge in [0.1, 0.15) is 6.54 Å². The molecule has 1 N–H and O–H groups in total. The van der Waals surface area contributed by atoms with Gasteiger partial charge in [0.25, 0.3) is 0 Å². The molecule has 0 aliphatic carbocycles. The molecule has 2 aromatic carbocycles. The Hall–Kier alpha value is -2.58. The van der Waals surface area contributed by atoms with Crippen LogP contribution < -0.4 is 14.5 Å². The highest BCUT2D eigenvalue weighted by Gasteiger charge is 2.22. The third-order valence-corrected chi connectivity index (χ3v) is 6.25. The van der Waals surface area contributed by atoms with Gasteiger partial charge in [0.05, 0.1) is 25.2 Å². The first-order valence-corrected chi connectivity index (χ1v) is 11.8. The van der Waals surface area contributed by atoms with Crippen LogP contribution in [0.4, 0.5) is 11.4 Å². The number of carbonyl (C=O) groups is 1. The SMILES string of the molecule is Cc1ccc(C)c(N(CC(=O)NCc2ccc(N3CCOCC3)cc2)S(C)(=O)=O)c1. The quantitative estimate of drug-likeness (QED) is 0.727. The van der Waals surface area contributed by atoms with Crippen molar-refractivity contribution in [2.75, 3.05) is 48.3 Å². The molecule has 0 unspecified atom stereocenters. The summed E-state index contributed by atoms with van der Waals surface area (Å²) in [6.07, 6.45) is 1.12. The minimum absolute atomic E-state index is 0.255. The molecule has 1 aliphatic heterocycles. The first-order valence-electron chi connectivity index (χ1n) is 9.97. The normalized spacial score (nSPS) is 14.4. The lowest BCUT2D eigenvalue weighted by Gasteiger charge is -2.29. The number of aryl methyl sites for hydroxylation is 2. The van der Waals surface area contributed by atoms with Gasteiger partial charge in [-0.25, -0.2) is 8.42 Å². The minimum atomic E-state index is -3.60. The molecular formula is C22H29N3O4S. The van der Waals surface area contributed by atoms with Crippen LogP contribution in [0.3, 0.4) is 0 Å². The molecular weight excluding hydrogens is 402 g/mol. The lowest BCUT2D eigenvalue weighted by Crippen LogP contribution is -2.40. The Labute approximate surface area is 178 Å². The number of nitrogens with one attached hydrogen (secondary N) is 1. The molecule has 0 spiro atoms. The van der Waals surface area contributed by atoms with Gasteiger partial charge in [-0.05, 0) is 48.7 Å². The molecule has 0 aromatic heterocycles. The Morgan fingerprint density at radius 1 is 1.10 bits per heavy atom. The molecule has 7 nitrogen and oxygen atoms in total. The second kappa shape index (κ2) is 9.49. The van der Waals surface area contributed by atoms with Crippen molar-refractivity contribution in [2.45, 2.75) is 20.4 Å². The standard InChI is InChI=1S/C22H29N3O4S/c1-17-4-5-18(2)21(14-17)25(30(3,27)28)16-22(26)23-15-19-6-8-20(9-7-19)24-10-12-29-13-11-24/h4-9,14H,10-13,15-16H2,1-3H3,(H,23,26). The molecule has 1 fully saturated rings. The maximum Gasteiger partial charge on any atom is 0.241 e. The lowest BCUT2D eigenvalue weighted by molar-refractivity contribution is -0.119. The second-order valence-corrected chi connectivity index (χ2v) is 9.51. The number of carbonyl (C=O) groups excluding carboxylic acids is 1. The van der Waals surface area contributed by atoms with Crippen molar-refractivity contribution >= 4 is 27.3 Å². The summed E-state index contributed by atoms with van der Waals surface area (Å²) in [5.74, 6) is -0.349. The van der Waals surface area contributed by atoms with Crippen LogP contribution in [0.15, 0.2) is 42.5 Å². The molecule has 2 aromatic rings. The molecule has 1 saturated heterocycles. The molecule has 1 aliphatic rings. The van der Waals surface area contributed by atoms with E-state index >= 15 is 0 Å². The summed E-state index contributed by atoms with van der Waals surface area (Å²) in [4.78, 5) is 14.8. The number of hydrogen-bond acceptors (Lipinski definition) is 5. The number of ether oxygens (including phenoxy) is 1. The minimum Gasteiger partial charge on any atom is -0.378 e. The number of nitrogens with zero attached hydrogens (tertiary/aromatic N) is 2. The molecule has 0 bridgehead atoms. The van der Waals surface area contributed by atoms with Crippen LogP contribution in [0.5, 0.6) is 0 Å². The van der Waals surface area contributed by atoms with E-state index in [1.165, 1.54) is 0 Å². The smallest absolute Gasteiger partial charge is 0.241 e. The first kappa shape index (κ1) is 22.1. The van der Waals surface area contributed by atoms with Crippen molar-refractivity contribution in [1.82, 2.24) is 5.32 Å². The van der Waals surface area contributed by atoms with E-state index in [0.29, 0.717) is 12.2 Å². The topological polar surface area (TPSA) is 79.0 Å². The summed E-state index contributed by atoms with van der Waals surface area (Å²) in [7, 11) is -3.60. The van der Waals surface area contributed by atoms with E-state index in [1.807, 2.05) is 50.2 Å². The van der Waals surface area contributed by atoms with Gasteiger partial charge < -0.3 is 15.0 Å². The molecule has 3 rings (SSSR count). The van der Waals surface area contributed by atoms with Crippen LogP contribution in [-0.2, 0) is 26.1 Å². The van der Waals surface area contributed by atoms with E-state index in [1.54, 1.807) is 6.07 Å². The van der Waals surface area contributed by atoms with Gasteiger partial charge >= 0.3 is 0 Å². The lowest BCUT2D eigenvalue weighted by atomic mass is 10.1. The van der Waals surface area contributed by atoms with Crippen molar-refractivity contribution in [3.8, 4) is 0 Å². The third kappa shape index (κ3) is 5.73. The van der Waals surface area contributed by atoms with Crippen molar-refractivity contribution in [3.05, 3.63) is 59.2 Å². The van der Waals surface area contributed by atoms with Gasteiger partial charge in [-0.2, -0.15) is 0 Å². The van der Waals surface area contributed by atoms with E-state index in [2.05, 4.69) is 10.2 Å². The fourth-order valence-electron chi connectivity index (χ4n) is 3.40. The van der Waals surface area contributed by atoms with Crippen molar-refractivity contribution in [1.29, 1.82) is 0 Å². The van der Waals surface area contributed by atoms with Crippen molar-refractivity contribution in [2.24, 2.45) is 0 Å². The third-order valence-electron chi connectivity index (χ3n) is 5.12. The Morgan fingerprint density at radius 3 is 2.40 bits per heavy atom. The average Bonchev–Trinajstić information content (AvgIpc) is 2.72. The number of rotatable bonds is 7. The van der Waals surface area contributed by atoms with Crippen LogP contribution in [0.1, 0.15) is 16.7 Å². The van der Waals surface area contributed by atoms with E-state index in [-0.39, 0.29) is 12.5 Å². The summed E-state index contributed by atoms with van der Waals surface area (Å²) in [6.45, 7) is 7.02. The molecule has 0 radical (unpaired) electrons. The summed E-state index contributed by atoms with van der Waals surface area (Å²) in [6, 6.07) is 13.6. The highest BCUT2D eigenvalue weighted by Crippen LogP contribution is 2.23. The number of sulfonamides is 1. The summed E-state index contributed by atoms with van der Waals surface area (Å²) < 4.78 is 31.2. The first-order chi connectivity index (χ1) is 14.2. The molecule has 8 heteroatoms. The Balaban J connectivity index is 1.62. The maximum atomic E-state index is 12.5. The summed E-state index contributed by atoms with van der Waals surface area (Å²) in [5, 5.41) is 2.83. The molecule has 0 atom stereocenters. The number of morpholine rings is 1. The van der Waals surface area contributed by atoms with E-state index in [4.69, 9.17) is 4.74 Å². The zero-order chi connectivity index (χ0) is 21.7. The van der Waals surface area contributed by atoms with Crippen LogP contribution in [0.25, 0.3) is 0 Å². The van der Waals surface area contributed by atoms with Gasteiger partial charge in [0, 0.05) is 25.3 Å². The van der Waals surface area contributed by atoms with Gasteiger partial charge in [0.15, 0.2) is 0 Å². The molecule has 162 valence electrons. The van der Waals surface area contributed by atoms with Gasteiger partial charge in [0.2, 0.25) is 15.9 Å². The van der Waals surface area contributed by atoms with Crippen LogP contribution in [0, 0.1) is 13.8 Å². The zero-order valence-corrected chi connectivity index (χ0v) is 18.5. The Morgan fingerprint density at radius 2 is 1.77 bits per heavy atom. The second-order valence-electron chi connectivity index (χ2n) is 7.60. The fourth-order valence-corrected chi connectivity index (χ4v) is 4.31. The summed E-state index contributed by atoms with van der Waals surface area (Å²) in [5.41, 5.74) is 4.36. The summed E-state index contributed by atoms with van der Waals surface area (Å²) >= 11 is 0. The van der Waals surface area contributed by atoms with Crippen LogP contribution in [0.2, 0.25) is 0 Å². The maximum absolute atomic E-state index is 12.5. The van der Waals surface area contributed by atoms with Gasteiger partial charge in [-0.1, -0.05) is 24.3 Å². The van der Waals surface area contributed by atoms with Crippen LogP contribution in [-0.4, -0.2) is 53.4 Å². The molecule has 0 saturated carbocycles. The highest BCUT2D eigenvalue weighted by atomic mass is 32.2. The Kier molecular flexibility index (Phi) is 6.99. The average molecular weight is 432 g/mol. The van der Waals surface area contributed by atoms with Gasteiger partial charge in [-0.15, -0.1) is 0 Å². The van der Waals surface area contributed by atoms with Crippen molar-refractivity contribution < 1.29 is 17.9 Å². The molecule has 1 heterocycles. The number of amides is 1. The number of anilines is 2. The van der Waals surface area contributed by atoms with Crippen LogP contribution >= 0.6 is 0 Å². The predicted molar refractivity (Wildman–Crippen MR) is 119 cm³/mol.